The summed E-state index contributed by atoms with van der Waals surface area (Å²) in [5, 5.41) is 0.843. The molecule has 0 aromatic heterocycles. The van der Waals surface area contributed by atoms with E-state index in [9.17, 15) is 4.79 Å². The van der Waals surface area contributed by atoms with Crippen molar-refractivity contribution < 1.29 is 9.53 Å². The summed E-state index contributed by atoms with van der Waals surface area (Å²) >= 11 is 3.45. The van der Waals surface area contributed by atoms with Crippen LogP contribution in [0.1, 0.15) is 17.5 Å². The van der Waals surface area contributed by atoms with E-state index >= 15 is 0 Å². The van der Waals surface area contributed by atoms with Crippen molar-refractivity contribution in [3.63, 3.8) is 0 Å². The van der Waals surface area contributed by atoms with Crippen LogP contribution in [0.25, 0.3) is 0 Å². The molecular weight excluding hydrogens is 268 g/mol. The molecule has 0 spiro atoms. The Hall–Kier alpha value is -0.830. The van der Waals surface area contributed by atoms with Gasteiger partial charge in [-0.1, -0.05) is 45.8 Å². The van der Waals surface area contributed by atoms with Crippen molar-refractivity contribution in [1.29, 1.82) is 0 Å². The van der Waals surface area contributed by atoms with E-state index in [2.05, 4.69) is 15.9 Å². The topological polar surface area (TPSA) is 26.3 Å². The number of benzene rings is 1. The fourth-order valence-corrected chi connectivity index (χ4v) is 3.05. The number of methoxy groups -OCH3 is 1. The summed E-state index contributed by atoms with van der Waals surface area (Å²) in [5.41, 5.74) is 1.89. The van der Waals surface area contributed by atoms with Gasteiger partial charge in [0.1, 0.15) is 0 Å². The van der Waals surface area contributed by atoms with Gasteiger partial charge in [-0.15, -0.1) is 0 Å². The molecule has 2 nitrogen and oxygen atoms in total. The normalized spacial score (nSPS) is 27.6. The van der Waals surface area contributed by atoms with Crippen LogP contribution in [0.2, 0.25) is 0 Å². The van der Waals surface area contributed by atoms with Crippen LogP contribution in [-0.2, 0) is 14.9 Å². The van der Waals surface area contributed by atoms with Gasteiger partial charge in [0.05, 0.1) is 12.5 Å². The van der Waals surface area contributed by atoms with Gasteiger partial charge >= 0.3 is 5.97 Å². The molecule has 1 aliphatic rings. The molecule has 2 atom stereocenters. The summed E-state index contributed by atoms with van der Waals surface area (Å²) in [7, 11) is 1.46. The van der Waals surface area contributed by atoms with Crippen molar-refractivity contribution in [3.05, 3.63) is 35.4 Å². The maximum Gasteiger partial charge on any atom is 0.316 e. The average Bonchev–Trinajstić information content (AvgIpc) is 3.04. The third-order valence-corrected chi connectivity index (χ3v) is 4.19. The first-order valence-corrected chi connectivity index (χ1v) is 6.49. The van der Waals surface area contributed by atoms with E-state index in [1.807, 2.05) is 31.2 Å². The Morgan fingerprint density at radius 2 is 2.12 bits per heavy atom. The fourth-order valence-electron chi connectivity index (χ4n) is 2.27. The smallest absolute Gasteiger partial charge is 0.316 e. The highest BCUT2D eigenvalue weighted by atomic mass is 79.9. The van der Waals surface area contributed by atoms with E-state index in [0.29, 0.717) is 5.92 Å². The number of carbonyl (C=O) groups excluding carboxylic acids is 1. The van der Waals surface area contributed by atoms with Crippen LogP contribution in [0.4, 0.5) is 0 Å². The van der Waals surface area contributed by atoms with Gasteiger partial charge in [-0.2, -0.15) is 0 Å². The molecule has 86 valence electrons. The summed E-state index contributed by atoms with van der Waals surface area (Å²) in [5.74, 6) is 0.253. The molecule has 0 radical (unpaired) electrons. The molecule has 0 N–H and O–H groups in total. The minimum absolute atomic E-state index is 0.110. The Morgan fingerprint density at radius 3 is 2.56 bits per heavy atom. The lowest BCUT2D eigenvalue weighted by Crippen LogP contribution is -2.25. The minimum atomic E-state index is -0.397. The first-order chi connectivity index (χ1) is 7.65. The largest absolute Gasteiger partial charge is 0.468 e. The molecule has 16 heavy (non-hydrogen) atoms. The van der Waals surface area contributed by atoms with Gasteiger partial charge < -0.3 is 4.74 Å². The van der Waals surface area contributed by atoms with E-state index in [-0.39, 0.29) is 5.97 Å². The highest BCUT2D eigenvalue weighted by molar-refractivity contribution is 9.09. The number of alkyl halides is 1. The van der Waals surface area contributed by atoms with Gasteiger partial charge in [-0.3, -0.25) is 4.79 Å². The minimum Gasteiger partial charge on any atom is -0.468 e. The molecule has 3 heteroatoms. The standard InChI is InChI=1S/C13H15BrO2/c1-9-3-5-10(6-4-9)13(12(15)16-2)7-11(13)8-14/h3-6,11H,7-8H2,1-2H3/t11-,13+/m1/s1. The quantitative estimate of drug-likeness (QED) is 0.630. The van der Waals surface area contributed by atoms with E-state index < -0.39 is 5.41 Å². The van der Waals surface area contributed by atoms with Crippen LogP contribution in [-0.4, -0.2) is 18.4 Å². The monoisotopic (exact) mass is 282 g/mol. The zero-order valence-electron chi connectivity index (χ0n) is 9.50. The Balaban J connectivity index is 2.35. The van der Waals surface area contributed by atoms with E-state index in [4.69, 9.17) is 4.74 Å². The molecule has 0 heterocycles. The summed E-state index contributed by atoms with van der Waals surface area (Å²) < 4.78 is 4.93. The van der Waals surface area contributed by atoms with E-state index in [0.717, 1.165) is 17.3 Å². The third-order valence-electron chi connectivity index (χ3n) is 3.41. The van der Waals surface area contributed by atoms with E-state index in [1.165, 1.54) is 12.7 Å². The van der Waals surface area contributed by atoms with Crippen molar-refractivity contribution in [2.45, 2.75) is 18.8 Å². The van der Waals surface area contributed by atoms with Crippen molar-refractivity contribution in [2.24, 2.45) is 5.92 Å². The predicted octanol–water partition coefficient (Wildman–Crippen LogP) is 2.82. The van der Waals surface area contributed by atoms with Crippen molar-refractivity contribution in [2.75, 3.05) is 12.4 Å². The van der Waals surface area contributed by atoms with Crippen LogP contribution in [0.3, 0.4) is 0 Å². The van der Waals surface area contributed by atoms with Crippen LogP contribution in [0, 0.1) is 12.8 Å². The lowest BCUT2D eigenvalue weighted by molar-refractivity contribution is -0.144. The van der Waals surface area contributed by atoms with Crippen LogP contribution in [0.5, 0.6) is 0 Å². The first-order valence-electron chi connectivity index (χ1n) is 5.36. The highest BCUT2D eigenvalue weighted by Crippen LogP contribution is 2.55. The molecular formula is C13H15BrO2. The van der Waals surface area contributed by atoms with Crippen LogP contribution < -0.4 is 0 Å². The Morgan fingerprint density at radius 1 is 1.50 bits per heavy atom. The molecule has 1 aromatic carbocycles. The lowest BCUT2D eigenvalue weighted by atomic mass is 9.93. The second-order valence-corrected chi connectivity index (χ2v) is 5.03. The second-order valence-electron chi connectivity index (χ2n) is 4.38. The van der Waals surface area contributed by atoms with Gasteiger partial charge in [0.2, 0.25) is 0 Å². The van der Waals surface area contributed by atoms with Crippen molar-refractivity contribution >= 4 is 21.9 Å². The number of hydrogen-bond donors (Lipinski definition) is 0. The van der Waals surface area contributed by atoms with Gasteiger partial charge in [0.25, 0.3) is 0 Å². The number of ether oxygens (including phenoxy) is 1. The number of carbonyl (C=O) groups is 1. The third kappa shape index (κ3) is 1.67. The SMILES string of the molecule is COC(=O)[C@]1(c2ccc(C)cc2)C[C@@H]1CBr. The molecule has 1 fully saturated rings. The van der Waals surface area contributed by atoms with Gasteiger partial charge in [-0.25, -0.2) is 0 Å². The molecule has 1 aromatic rings. The molecule has 0 unspecified atom stereocenters. The Kier molecular flexibility index (Phi) is 3.06. The number of esters is 1. The zero-order valence-corrected chi connectivity index (χ0v) is 11.1. The summed E-state index contributed by atoms with van der Waals surface area (Å²) in [4.78, 5) is 11.9. The van der Waals surface area contributed by atoms with Crippen molar-refractivity contribution in [3.8, 4) is 0 Å². The Bertz CT molecular complexity index is 399. The van der Waals surface area contributed by atoms with E-state index in [1.54, 1.807) is 0 Å². The number of rotatable bonds is 3. The number of halogens is 1. The molecule has 1 saturated carbocycles. The van der Waals surface area contributed by atoms with Crippen LogP contribution >= 0.6 is 15.9 Å². The van der Waals surface area contributed by atoms with Crippen molar-refractivity contribution in [1.82, 2.24) is 0 Å². The van der Waals surface area contributed by atoms with Gasteiger partial charge in [0.15, 0.2) is 0 Å². The molecule has 1 aliphatic carbocycles. The summed E-state index contributed by atoms with van der Waals surface area (Å²) in [6, 6.07) is 8.16. The zero-order chi connectivity index (χ0) is 11.8. The second kappa shape index (κ2) is 4.21. The molecule has 0 amide bonds. The first kappa shape index (κ1) is 11.6. The molecule has 2 rings (SSSR count). The van der Waals surface area contributed by atoms with Crippen LogP contribution in [0.15, 0.2) is 24.3 Å². The fraction of sp³-hybridized carbons (Fsp3) is 0.462. The number of hydrogen-bond acceptors (Lipinski definition) is 2. The highest BCUT2D eigenvalue weighted by Gasteiger charge is 2.61. The lowest BCUT2D eigenvalue weighted by Gasteiger charge is -2.15. The maximum absolute atomic E-state index is 11.9. The average molecular weight is 283 g/mol. The summed E-state index contributed by atoms with van der Waals surface area (Å²) in [6.07, 6.45) is 0.883. The van der Waals surface area contributed by atoms with Gasteiger partial charge in [-0.05, 0) is 24.8 Å². The molecule has 0 aliphatic heterocycles. The maximum atomic E-state index is 11.9. The molecule has 0 saturated heterocycles. The van der Waals surface area contributed by atoms with Gasteiger partial charge in [0, 0.05) is 5.33 Å². The summed E-state index contributed by atoms with van der Waals surface area (Å²) in [6.45, 7) is 2.05. The Labute approximate surface area is 104 Å². The molecule has 0 bridgehead atoms. The number of aryl methyl sites for hydroxylation is 1. The predicted molar refractivity (Wildman–Crippen MR) is 66.8 cm³/mol.